The van der Waals surface area contributed by atoms with Crippen molar-refractivity contribution < 1.29 is 28.9 Å². The highest BCUT2D eigenvalue weighted by molar-refractivity contribution is 5.76. The summed E-state index contributed by atoms with van der Waals surface area (Å²) in [5.74, 6) is -1.24. The number of imidazole rings is 1. The predicted molar refractivity (Wildman–Crippen MR) is 64.3 cm³/mol. The van der Waals surface area contributed by atoms with Gasteiger partial charge in [-0.1, -0.05) is 0 Å². The lowest BCUT2D eigenvalue weighted by Crippen LogP contribution is -2.34. The highest BCUT2D eigenvalue weighted by Gasteiger charge is 2.49. The van der Waals surface area contributed by atoms with Gasteiger partial charge in [0, 0.05) is 0 Å². The number of ether oxygens (including phenoxy) is 2. The van der Waals surface area contributed by atoms with Gasteiger partial charge in [-0.15, -0.1) is 0 Å². The standard InChI is InChI=1S/C11H11FN4O5/c1-20-9-5-8(13-2-14-9)16(3-15-5)10-4(12)6(17)7(21-10)11(18)19/h2-4,6-7,10,17H,1H3,(H,18,19)/t4?,6-,7-,10+/m0/s1. The summed E-state index contributed by atoms with van der Waals surface area (Å²) in [5.41, 5.74) is 0.497. The topological polar surface area (TPSA) is 120 Å². The maximum atomic E-state index is 14.1. The van der Waals surface area contributed by atoms with E-state index in [1.807, 2.05) is 0 Å². The lowest BCUT2D eigenvalue weighted by molar-refractivity contribution is -0.155. The Morgan fingerprint density at radius 2 is 2.24 bits per heavy atom. The van der Waals surface area contributed by atoms with Crippen molar-refractivity contribution in [1.82, 2.24) is 19.5 Å². The molecular weight excluding hydrogens is 287 g/mol. The molecule has 10 heteroatoms. The number of aromatic nitrogens is 4. The molecule has 3 heterocycles. The van der Waals surface area contributed by atoms with Crippen molar-refractivity contribution in [3.63, 3.8) is 0 Å². The third kappa shape index (κ3) is 1.99. The van der Waals surface area contributed by atoms with Crippen LogP contribution in [0.2, 0.25) is 0 Å². The number of aliphatic hydroxyl groups is 1. The first-order chi connectivity index (χ1) is 10.0. The van der Waals surface area contributed by atoms with E-state index in [0.717, 1.165) is 0 Å². The third-order valence-electron chi connectivity index (χ3n) is 3.23. The number of nitrogens with zero attached hydrogens (tertiary/aromatic N) is 4. The molecule has 4 atom stereocenters. The van der Waals surface area contributed by atoms with Gasteiger partial charge in [0.25, 0.3) is 0 Å². The molecule has 112 valence electrons. The van der Waals surface area contributed by atoms with Crippen molar-refractivity contribution in [1.29, 1.82) is 0 Å². The number of aliphatic carboxylic acids is 1. The van der Waals surface area contributed by atoms with E-state index in [-0.39, 0.29) is 17.0 Å². The maximum Gasteiger partial charge on any atom is 0.335 e. The minimum Gasteiger partial charge on any atom is -0.479 e. The summed E-state index contributed by atoms with van der Waals surface area (Å²) in [6, 6.07) is 0. The summed E-state index contributed by atoms with van der Waals surface area (Å²) >= 11 is 0. The molecule has 2 N–H and O–H groups in total. The molecule has 2 aromatic rings. The minimum absolute atomic E-state index is 0.197. The first-order valence-corrected chi connectivity index (χ1v) is 5.96. The number of hydrogen-bond acceptors (Lipinski definition) is 7. The van der Waals surface area contributed by atoms with E-state index in [9.17, 15) is 14.3 Å². The molecule has 0 aromatic carbocycles. The largest absolute Gasteiger partial charge is 0.479 e. The van der Waals surface area contributed by atoms with Crippen molar-refractivity contribution in [2.75, 3.05) is 7.11 Å². The lowest BCUT2D eigenvalue weighted by atomic mass is 10.1. The van der Waals surface area contributed by atoms with Crippen molar-refractivity contribution in [2.45, 2.75) is 24.6 Å². The Hall–Kier alpha value is -2.33. The molecule has 1 aliphatic rings. The van der Waals surface area contributed by atoms with E-state index >= 15 is 0 Å². The zero-order chi connectivity index (χ0) is 15.1. The van der Waals surface area contributed by atoms with Gasteiger partial charge in [-0.25, -0.2) is 19.2 Å². The van der Waals surface area contributed by atoms with Crippen LogP contribution in [0.15, 0.2) is 12.7 Å². The number of methoxy groups -OCH3 is 1. The van der Waals surface area contributed by atoms with E-state index in [1.54, 1.807) is 0 Å². The number of halogens is 1. The second-order valence-electron chi connectivity index (χ2n) is 4.43. The number of carboxylic acid groups (broad SMARTS) is 1. The maximum absolute atomic E-state index is 14.1. The molecule has 0 aliphatic carbocycles. The Balaban J connectivity index is 2.03. The molecule has 2 aromatic heterocycles. The second kappa shape index (κ2) is 4.90. The fraction of sp³-hybridized carbons (Fsp3) is 0.455. The Kier molecular flexibility index (Phi) is 3.18. The van der Waals surface area contributed by atoms with Gasteiger partial charge in [0.05, 0.1) is 13.4 Å². The van der Waals surface area contributed by atoms with Gasteiger partial charge in [-0.05, 0) is 0 Å². The fourth-order valence-corrected chi connectivity index (χ4v) is 2.23. The molecule has 1 unspecified atom stereocenters. The summed E-state index contributed by atoms with van der Waals surface area (Å²) in [6.45, 7) is 0. The van der Waals surface area contributed by atoms with E-state index in [2.05, 4.69) is 15.0 Å². The first-order valence-electron chi connectivity index (χ1n) is 5.96. The SMILES string of the molecule is COc1ncnc2c1ncn2[C@@H]1O[C@H](C(=O)O)[C@@H](O)C1F. The third-order valence-corrected chi connectivity index (χ3v) is 3.23. The van der Waals surface area contributed by atoms with Gasteiger partial charge < -0.3 is 19.7 Å². The van der Waals surface area contributed by atoms with Gasteiger partial charge in [-0.3, -0.25) is 4.57 Å². The van der Waals surface area contributed by atoms with Crippen LogP contribution in [0.4, 0.5) is 4.39 Å². The number of aliphatic hydroxyl groups excluding tert-OH is 1. The molecule has 1 saturated heterocycles. The molecule has 9 nitrogen and oxygen atoms in total. The first kappa shape index (κ1) is 13.6. The predicted octanol–water partition coefficient (Wildman–Crippen LogP) is -0.484. The number of carbonyl (C=O) groups is 1. The summed E-state index contributed by atoms with van der Waals surface area (Å²) in [7, 11) is 1.40. The molecule has 0 amide bonds. The molecule has 0 spiro atoms. The van der Waals surface area contributed by atoms with Crippen LogP contribution in [0.5, 0.6) is 5.88 Å². The smallest absolute Gasteiger partial charge is 0.335 e. The van der Waals surface area contributed by atoms with Gasteiger partial charge in [0.2, 0.25) is 5.88 Å². The normalized spacial score (nSPS) is 28.9. The van der Waals surface area contributed by atoms with E-state index in [0.29, 0.717) is 0 Å². The molecule has 1 aliphatic heterocycles. The molecular formula is C11H11FN4O5. The monoisotopic (exact) mass is 298 g/mol. The van der Waals surface area contributed by atoms with Crippen LogP contribution in [-0.2, 0) is 9.53 Å². The van der Waals surface area contributed by atoms with Crippen LogP contribution in [-0.4, -0.2) is 61.2 Å². The average molecular weight is 298 g/mol. The zero-order valence-corrected chi connectivity index (χ0v) is 10.8. The molecule has 0 saturated carbocycles. The zero-order valence-electron chi connectivity index (χ0n) is 10.8. The Morgan fingerprint density at radius 1 is 1.48 bits per heavy atom. The quantitative estimate of drug-likeness (QED) is 0.779. The lowest BCUT2D eigenvalue weighted by Gasteiger charge is -2.14. The summed E-state index contributed by atoms with van der Waals surface area (Å²) in [4.78, 5) is 22.7. The van der Waals surface area contributed by atoms with Crippen LogP contribution < -0.4 is 4.74 Å². The molecule has 3 rings (SSSR count). The fourth-order valence-electron chi connectivity index (χ4n) is 2.23. The van der Waals surface area contributed by atoms with Crippen LogP contribution >= 0.6 is 0 Å². The molecule has 0 radical (unpaired) electrons. The van der Waals surface area contributed by atoms with Gasteiger partial charge in [-0.2, -0.15) is 4.98 Å². The van der Waals surface area contributed by atoms with Gasteiger partial charge in [0.15, 0.2) is 29.7 Å². The van der Waals surface area contributed by atoms with Crippen molar-refractivity contribution in [3.8, 4) is 5.88 Å². The van der Waals surface area contributed by atoms with Crippen LogP contribution in [0.3, 0.4) is 0 Å². The van der Waals surface area contributed by atoms with Crippen molar-refractivity contribution in [3.05, 3.63) is 12.7 Å². The van der Waals surface area contributed by atoms with Crippen LogP contribution in [0.25, 0.3) is 11.2 Å². The highest BCUT2D eigenvalue weighted by Crippen LogP contribution is 2.34. The number of rotatable bonds is 3. The molecule has 0 bridgehead atoms. The highest BCUT2D eigenvalue weighted by atomic mass is 19.1. The Bertz CT molecular complexity index is 692. The van der Waals surface area contributed by atoms with E-state index in [1.165, 1.54) is 24.3 Å². The number of alkyl halides is 1. The molecule has 21 heavy (non-hydrogen) atoms. The van der Waals surface area contributed by atoms with Gasteiger partial charge in [0.1, 0.15) is 12.4 Å². The summed E-state index contributed by atoms with van der Waals surface area (Å²) < 4.78 is 25.4. The van der Waals surface area contributed by atoms with Crippen molar-refractivity contribution >= 4 is 17.1 Å². The van der Waals surface area contributed by atoms with E-state index < -0.39 is 30.6 Å². The average Bonchev–Trinajstić information content (AvgIpc) is 3.01. The van der Waals surface area contributed by atoms with Gasteiger partial charge >= 0.3 is 5.97 Å². The number of carboxylic acids is 1. The number of fused-ring (bicyclic) bond motifs is 1. The molecule has 1 fully saturated rings. The van der Waals surface area contributed by atoms with Crippen LogP contribution in [0.1, 0.15) is 6.23 Å². The van der Waals surface area contributed by atoms with Crippen molar-refractivity contribution in [2.24, 2.45) is 0 Å². The van der Waals surface area contributed by atoms with Crippen LogP contribution in [0, 0.1) is 0 Å². The Morgan fingerprint density at radius 3 is 2.86 bits per heavy atom. The Labute approximate surface area is 117 Å². The minimum atomic E-state index is -1.93. The summed E-state index contributed by atoms with van der Waals surface area (Å²) in [6.07, 6.45) is -4.25. The number of hydrogen-bond donors (Lipinski definition) is 2. The summed E-state index contributed by atoms with van der Waals surface area (Å²) in [5, 5.41) is 18.5. The second-order valence-corrected chi connectivity index (χ2v) is 4.43. The van der Waals surface area contributed by atoms with E-state index in [4.69, 9.17) is 14.6 Å².